The Morgan fingerprint density at radius 2 is 1.90 bits per heavy atom. The second-order valence-corrected chi connectivity index (χ2v) is 4.74. The number of aromatic nitrogens is 2. The van der Waals surface area contributed by atoms with Gasteiger partial charge >= 0.3 is 0 Å². The fourth-order valence-electron chi connectivity index (χ4n) is 2.27. The molecule has 21 heavy (non-hydrogen) atoms. The number of allylic oxidation sites excluding steroid dienone is 1. The summed E-state index contributed by atoms with van der Waals surface area (Å²) in [5, 5.41) is 18.7. The van der Waals surface area contributed by atoms with Gasteiger partial charge in [0, 0.05) is 7.05 Å². The summed E-state index contributed by atoms with van der Waals surface area (Å²) in [4.78, 5) is 4.52. The predicted molar refractivity (Wildman–Crippen MR) is 82.3 cm³/mol. The summed E-state index contributed by atoms with van der Waals surface area (Å²) in [5.74, 6) is 0.833. The van der Waals surface area contributed by atoms with Crippen LogP contribution in [0.15, 0.2) is 48.5 Å². The van der Waals surface area contributed by atoms with E-state index in [1.165, 1.54) is 0 Å². The van der Waals surface area contributed by atoms with E-state index >= 15 is 0 Å². The molecule has 0 saturated heterocycles. The molecule has 4 heteroatoms. The highest BCUT2D eigenvalue weighted by molar-refractivity contribution is 5.90. The van der Waals surface area contributed by atoms with Gasteiger partial charge in [0.25, 0.3) is 0 Å². The van der Waals surface area contributed by atoms with E-state index in [1.54, 1.807) is 30.3 Å². The molecule has 0 aliphatic carbocycles. The van der Waals surface area contributed by atoms with Crippen LogP contribution < -0.4 is 0 Å². The van der Waals surface area contributed by atoms with Crippen LogP contribution in [0.4, 0.5) is 0 Å². The molecule has 0 saturated carbocycles. The fourth-order valence-corrected chi connectivity index (χ4v) is 2.27. The van der Waals surface area contributed by atoms with Crippen LogP contribution in [-0.2, 0) is 7.05 Å². The molecular weight excluding hydrogens is 262 g/mol. The molecule has 0 atom stereocenters. The molecule has 0 spiro atoms. The van der Waals surface area contributed by atoms with Crippen LogP contribution in [0.1, 0.15) is 11.4 Å². The average molecular weight is 275 g/mol. The molecule has 0 unspecified atom stereocenters. The quantitative estimate of drug-likeness (QED) is 0.729. The lowest BCUT2D eigenvalue weighted by Crippen LogP contribution is -1.95. The van der Waals surface area contributed by atoms with Gasteiger partial charge in [-0.1, -0.05) is 24.3 Å². The lowest BCUT2D eigenvalue weighted by molar-refractivity contribution is 0.475. The van der Waals surface area contributed by atoms with Crippen LogP contribution in [0.2, 0.25) is 0 Å². The highest BCUT2D eigenvalue weighted by Crippen LogP contribution is 2.22. The maximum atomic E-state index is 9.42. The Hall–Kier alpha value is -3.06. The Kier molecular flexibility index (Phi) is 3.17. The van der Waals surface area contributed by atoms with Crippen molar-refractivity contribution in [2.45, 2.75) is 0 Å². The number of para-hydroxylation sites is 2. The third-order valence-corrected chi connectivity index (χ3v) is 3.35. The largest absolute Gasteiger partial charge is 0.508 e. The zero-order chi connectivity index (χ0) is 14.8. The Balaban J connectivity index is 2.12. The number of aromatic hydroxyl groups is 1. The third-order valence-electron chi connectivity index (χ3n) is 3.35. The molecule has 0 radical (unpaired) electrons. The van der Waals surface area contributed by atoms with Gasteiger partial charge in [-0.15, -0.1) is 0 Å². The van der Waals surface area contributed by atoms with Crippen molar-refractivity contribution in [3.05, 3.63) is 59.9 Å². The van der Waals surface area contributed by atoms with Crippen LogP contribution in [0.5, 0.6) is 5.75 Å². The number of hydrogen-bond acceptors (Lipinski definition) is 3. The highest BCUT2D eigenvalue weighted by atomic mass is 16.3. The minimum atomic E-state index is 0.202. The lowest BCUT2D eigenvalue weighted by atomic mass is 10.1. The van der Waals surface area contributed by atoms with Crippen molar-refractivity contribution in [2.24, 2.45) is 7.05 Å². The smallest absolute Gasteiger partial charge is 0.151 e. The summed E-state index contributed by atoms with van der Waals surface area (Å²) in [6.07, 6.45) is 1.76. The summed E-state index contributed by atoms with van der Waals surface area (Å²) in [5.41, 5.74) is 3.18. The van der Waals surface area contributed by atoms with Crippen molar-refractivity contribution in [3.8, 4) is 11.8 Å². The van der Waals surface area contributed by atoms with Crippen molar-refractivity contribution < 1.29 is 5.11 Å². The number of nitriles is 1. The molecule has 0 amide bonds. The number of benzene rings is 2. The minimum absolute atomic E-state index is 0.202. The molecule has 1 heterocycles. The Bertz CT molecular complexity index is 867. The zero-order valence-electron chi connectivity index (χ0n) is 11.5. The van der Waals surface area contributed by atoms with Gasteiger partial charge in [0.15, 0.2) is 5.82 Å². The number of fused-ring (bicyclic) bond motifs is 1. The van der Waals surface area contributed by atoms with Gasteiger partial charge in [0.1, 0.15) is 11.8 Å². The zero-order valence-corrected chi connectivity index (χ0v) is 11.5. The van der Waals surface area contributed by atoms with E-state index < -0.39 is 0 Å². The Labute approximate surface area is 122 Å². The summed E-state index contributed by atoms with van der Waals surface area (Å²) in [7, 11) is 1.90. The van der Waals surface area contributed by atoms with Crippen LogP contribution in [0, 0.1) is 11.3 Å². The first-order valence-corrected chi connectivity index (χ1v) is 6.51. The van der Waals surface area contributed by atoms with E-state index in [-0.39, 0.29) is 5.75 Å². The normalized spacial score (nSPS) is 11.5. The van der Waals surface area contributed by atoms with Crippen LogP contribution >= 0.6 is 0 Å². The minimum Gasteiger partial charge on any atom is -0.508 e. The summed E-state index contributed by atoms with van der Waals surface area (Å²) >= 11 is 0. The van der Waals surface area contributed by atoms with E-state index in [0.29, 0.717) is 11.4 Å². The van der Waals surface area contributed by atoms with Gasteiger partial charge < -0.3 is 9.67 Å². The molecule has 0 bridgehead atoms. The van der Waals surface area contributed by atoms with Gasteiger partial charge in [-0.2, -0.15) is 5.26 Å². The van der Waals surface area contributed by atoms with E-state index in [1.807, 2.05) is 35.9 Å². The summed E-state index contributed by atoms with van der Waals surface area (Å²) in [6.45, 7) is 0. The molecule has 0 aliphatic rings. The van der Waals surface area contributed by atoms with Crippen molar-refractivity contribution in [3.63, 3.8) is 0 Å². The number of aryl methyl sites for hydroxylation is 1. The molecule has 4 nitrogen and oxygen atoms in total. The first kappa shape index (κ1) is 12.9. The second-order valence-electron chi connectivity index (χ2n) is 4.74. The molecule has 0 aliphatic heterocycles. The Morgan fingerprint density at radius 1 is 1.19 bits per heavy atom. The highest BCUT2D eigenvalue weighted by Gasteiger charge is 2.11. The third kappa shape index (κ3) is 2.37. The summed E-state index contributed by atoms with van der Waals surface area (Å²) < 4.78 is 1.91. The van der Waals surface area contributed by atoms with E-state index in [4.69, 9.17) is 0 Å². The first-order valence-electron chi connectivity index (χ1n) is 6.51. The van der Waals surface area contributed by atoms with Crippen LogP contribution in [0.25, 0.3) is 22.7 Å². The van der Waals surface area contributed by atoms with E-state index in [0.717, 1.165) is 16.6 Å². The number of nitrogens with zero attached hydrogens (tertiary/aromatic N) is 3. The molecule has 1 aromatic heterocycles. The van der Waals surface area contributed by atoms with E-state index in [2.05, 4.69) is 11.1 Å². The Morgan fingerprint density at radius 3 is 2.57 bits per heavy atom. The van der Waals surface area contributed by atoms with Crippen LogP contribution in [-0.4, -0.2) is 14.7 Å². The van der Waals surface area contributed by atoms with Crippen molar-refractivity contribution in [2.75, 3.05) is 0 Å². The first-order chi connectivity index (χ1) is 10.2. The number of imidazole rings is 1. The molecule has 0 fully saturated rings. The van der Waals surface area contributed by atoms with E-state index in [9.17, 15) is 10.4 Å². The number of hydrogen-bond donors (Lipinski definition) is 1. The maximum Gasteiger partial charge on any atom is 0.151 e. The maximum absolute atomic E-state index is 9.42. The topological polar surface area (TPSA) is 61.8 Å². The van der Waals surface area contributed by atoms with Gasteiger partial charge in [-0.05, 0) is 35.9 Å². The van der Waals surface area contributed by atoms with Crippen molar-refractivity contribution in [1.29, 1.82) is 5.26 Å². The monoisotopic (exact) mass is 275 g/mol. The van der Waals surface area contributed by atoms with Crippen LogP contribution in [0.3, 0.4) is 0 Å². The molecule has 1 N–H and O–H groups in total. The standard InChI is InChI=1S/C17H13N3O/c1-20-16-5-3-2-4-15(16)19-17(20)13(11-18)10-12-6-8-14(21)9-7-12/h2-10,21H,1H3/b13-10-. The lowest BCUT2D eigenvalue weighted by Gasteiger charge is -2.01. The molecule has 2 aromatic carbocycles. The fraction of sp³-hybridized carbons (Fsp3) is 0.0588. The van der Waals surface area contributed by atoms with Crippen molar-refractivity contribution in [1.82, 2.24) is 9.55 Å². The molecule has 3 aromatic rings. The number of rotatable bonds is 2. The van der Waals surface area contributed by atoms with Crippen molar-refractivity contribution >= 4 is 22.7 Å². The van der Waals surface area contributed by atoms with Gasteiger partial charge in [-0.3, -0.25) is 0 Å². The molecule has 3 rings (SSSR count). The molecular formula is C17H13N3O. The van der Waals surface area contributed by atoms with Gasteiger partial charge in [0.2, 0.25) is 0 Å². The van der Waals surface area contributed by atoms with Gasteiger partial charge in [0.05, 0.1) is 16.6 Å². The summed E-state index contributed by atoms with van der Waals surface area (Å²) in [6, 6.07) is 16.7. The number of phenols is 1. The molecule has 102 valence electrons. The SMILES string of the molecule is Cn1c(/C(C#N)=C\c2ccc(O)cc2)nc2ccccc21. The second kappa shape index (κ2) is 5.14. The average Bonchev–Trinajstić information content (AvgIpc) is 2.84. The number of phenolic OH excluding ortho intramolecular Hbond substituents is 1. The van der Waals surface area contributed by atoms with Gasteiger partial charge in [-0.25, -0.2) is 4.98 Å². The predicted octanol–water partition coefficient (Wildman–Crippen LogP) is 3.34.